The number of fused-ring (bicyclic) bond motifs is 1. The lowest BCUT2D eigenvalue weighted by atomic mass is 9.99. The highest BCUT2D eigenvalue weighted by atomic mass is 35.5. The maximum atomic E-state index is 6.36. The van der Waals surface area contributed by atoms with Crippen LogP contribution in [0.4, 0.5) is 0 Å². The Bertz CT molecular complexity index is 489. The van der Waals surface area contributed by atoms with Crippen molar-refractivity contribution in [2.24, 2.45) is 5.73 Å². The second-order valence-electron chi connectivity index (χ2n) is 5.69. The first-order chi connectivity index (χ1) is 10.2. The van der Waals surface area contributed by atoms with Gasteiger partial charge in [-0.3, -0.25) is 0 Å². The lowest BCUT2D eigenvalue weighted by Crippen LogP contribution is -2.15. The van der Waals surface area contributed by atoms with Crippen LogP contribution in [0.5, 0.6) is 11.5 Å². The number of ether oxygens (including phenoxy) is 3. The van der Waals surface area contributed by atoms with Gasteiger partial charge in [-0.05, 0) is 37.3 Å². The lowest BCUT2D eigenvalue weighted by Gasteiger charge is -2.18. The summed E-state index contributed by atoms with van der Waals surface area (Å²) in [4.78, 5) is 0. The Labute approximate surface area is 130 Å². The molecule has 0 radical (unpaired) electrons. The highest BCUT2D eigenvalue weighted by Gasteiger charge is 2.20. The number of nitrogens with two attached hydrogens (primary N) is 1. The molecule has 1 saturated heterocycles. The summed E-state index contributed by atoms with van der Waals surface area (Å²) in [6, 6.07) is 3.66. The first-order valence-electron chi connectivity index (χ1n) is 7.70. The molecule has 3 rings (SSSR count). The first-order valence-corrected chi connectivity index (χ1v) is 8.08. The van der Waals surface area contributed by atoms with Crippen molar-refractivity contribution in [1.82, 2.24) is 0 Å². The molecule has 0 amide bonds. The normalized spacial score (nSPS) is 22.9. The van der Waals surface area contributed by atoms with Crippen molar-refractivity contribution < 1.29 is 14.2 Å². The number of hydrogen-bond donors (Lipinski definition) is 1. The smallest absolute Gasteiger partial charge is 0.162 e. The molecule has 2 aliphatic heterocycles. The van der Waals surface area contributed by atoms with E-state index in [1.54, 1.807) is 0 Å². The van der Waals surface area contributed by atoms with Gasteiger partial charge in [0.25, 0.3) is 0 Å². The van der Waals surface area contributed by atoms with Crippen molar-refractivity contribution in [3.63, 3.8) is 0 Å². The van der Waals surface area contributed by atoms with Crippen LogP contribution in [0.3, 0.4) is 0 Å². The average molecular weight is 312 g/mol. The van der Waals surface area contributed by atoms with Crippen LogP contribution < -0.4 is 15.2 Å². The van der Waals surface area contributed by atoms with E-state index in [1.807, 2.05) is 12.1 Å². The van der Waals surface area contributed by atoms with E-state index in [2.05, 4.69) is 0 Å². The molecule has 21 heavy (non-hydrogen) atoms. The van der Waals surface area contributed by atoms with Gasteiger partial charge in [-0.25, -0.2) is 0 Å². The Kier molecular flexibility index (Phi) is 4.88. The molecule has 1 aromatic rings. The Balaban J connectivity index is 1.69. The summed E-state index contributed by atoms with van der Waals surface area (Å²) < 4.78 is 17.0. The Morgan fingerprint density at radius 2 is 1.90 bits per heavy atom. The van der Waals surface area contributed by atoms with Crippen LogP contribution in [-0.4, -0.2) is 25.9 Å². The van der Waals surface area contributed by atoms with Crippen LogP contribution in [-0.2, 0) is 4.74 Å². The van der Waals surface area contributed by atoms with E-state index in [0.29, 0.717) is 30.1 Å². The molecule has 2 unspecified atom stereocenters. The van der Waals surface area contributed by atoms with Crippen molar-refractivity contribution in [2.75, 3.05) is 19.8 Å². The SMILES string of the molecule is NC(CCC1CCCO1)c1cc2c(cc1Cl)OCCCO2. The molecule has 2 heterocycles. The van der Waals surface area contributed by atoms with Gasteiger partial charge in [0.2, 0.25) is 0 Å². The van der Waals surface area contributed by atoms with Gasteiger partial charge in [0, 0.05) is 30.2 Å². The van der Waals surface area contributed by atoms with E-state index in [4.69, 9.17) is 31.5 Å². The molecule has 5 heteroatoms. The average Bonchev–Trinajstić information content (AvgIpc) is 2.89. The zero-order valence-electron chi connectivity index (χ0n) is 12.1. The van der Waals surface area contributed by atoms with E-state index in [0.717, 1.165) is 50.0 Å². The number of halogens is 1. The first kappa shape index (κ1) is 14.9. The molecule has 1 aromatic carbocycles. The molecule has 4 nitrogen and oxygen atoms in total. The molecule has 0 aromatic heterocycles. The highest BCUT2D eigenvalue weighted by molar-refractivity contribution is 6.31. The van der Waals surface area contributed by atoms with Crippen molar-refractivity contribution in [2.45, 2.75) is 44.2 Å². The third kappa shape index (κ3) is 3.62. The van der Waals surface area contributed by atoms with Gasteiger partial charge in [0.05, 0.1) is 19.3 Å². The molecule has 0 aliphatic carbocycles. The van der Waals surface area contributed by atoms with Crippen LogP contribution in [0.1, 0.15) is 43.7 Å². The Morgan fingerprint density at radius 1 is 1.14 bits per heavy atom. The third-order valence-electron chi connectivity index (χ3n) is 4.09. The highest BCUT2D eigenvalue weighted by Crippen LogP contribution is 2.38. The van der Waals surface area contributed by atoms with Crippen molar-refractivity contribution in [1.29, 1.82) is 0 Å². The predicted molar refractivity (Wildman–Crippen MR) is 82.2 cm³/mol. The summed E-state index contributed by atoms with van der Waals surface area (Å²) >= 11 is 6.36. The van der Waals surface area contributed by atoms with Crippen LogP contribution in [0.15, 0.2) is 12.1 Å². The summed E-state index contributed by atoms with van der Waals surface area (Å²) in [6.07, 6.45) is 5.38. The minimum atomic E-state index is -0.0983. The largest absolute Gasteiger partial charge is 0.490 e. The zero-order chi connectivity index (χ0) is 14.7. The fraction of sp³-hybridized carbons (Fsp3) is 0.625. The number of rotatable bonds is 4. The quantitative estimate of drug-likeness (QED) is 0.925. The van der Waals surface area contributed by atoms with Gasteiger partial charge in [-0.1, -0.05) is 11.6 Å². The molecule has 2 N–H and O–H groups in total. The van der Waals surface area contributed by atoms with Crippen LogP contribution in [0.25, 0.3) is 0 Å². The lowest BCUT2D eigenvalue weighted by molar-refractivity contribution is 0.101. The molecule has 0 saturated carbocycles. The molecule has 0 spiro atoms. The second kappa shape index (κ2) is 6.86. The monoisotopic (exact) mass is 311 g/mol. The molecular formula is C16H22ClNO3. The summed E-state index contributed by atoms with van der Waals surface area (Å²) in [5, 5.41) is 0.652. The summed E-state index contributed by atoms with van der Waals surface area (Å²) in [7, 11) is 0. The Morgan fingerprint density at radius 3 is 2.62 bits per heavy atom. The minimum absolute atomic E-state index is 0.0983. The fourth-order valence-electron chi connectivity index (χ4n) is 2.88. The maximum Gasteiger partial charge on any atom is 0.162 e. The zero-order valence-corrected chi connectivity index (χ0v) is 12.9. The summed E-state index contributed by atoms with van der Waals surface area (Å²) in [5.74, 6) is 1.46. The van der Waals surface area contributed by atoms with Crippen molar-refractivity contribution in [3.8, 4) is 11.5 Å². The van der Waals surface area contributed by atoms with Crippen LogP contribution in [0.2, 0.25) is 5.02 Å². The van der Waals surface area contributed by atoms with Crippen molar-refractivity contribution in [3.05, 3.63) is 22.7 Å². The molecule has 116 valence electrons. The van der Waals surface area contributed by atoms with Gasteiger partial charge < -0.3 is 19.9 Å². The molecule has 0 bridgehead atoms. The van der Waals surface area contributed by atoms with Crippen LogP contribution in [0, 0.1) is 0 Å². The standard InChI is InChI=1S/C16H22ClNO3/c17-13-10-16-15(20-7-2-8-21-16)9-12(13)14(18)5-4-11-3-1-6-19-11/h9-11,14H,1-8,18H2. The fourth-order valence-corrected chi connectivity index (χ4v) is 3.17. The number of hydrogen-bond acceptors (Lipinski definition) is 4. The van der Waals surface area contributed by atoms with Gasteiger partial charge in [0.1, 0.15) is 0 Å². The van der Waals surface area contributed by atoms with E-state index >= 15 is 0 Å². The molecule has 2 aliphatic rings. The Hall–Kier alpha value is -0.970. The van der Waals surface area contributed by atoms with Crippen LogP contribution >= 0.6 is 11.6 Å². The molecule has 1 fully saturated rings. The number of benzene rings is 1. The van der Waals surface area contributed by atoms with Gasteiger partial charge in [-0.2, -0.15) is 0 Å². The third-order valence-corrected chi connectivity index (χ3v) is 4.42. The van der Waals surface area contributed by atoms with E-state index in [1.165, 1.54) is 0 Å². The topological polar surface area (TPSA) is 53.7 Å². The van der Waals surface area contributed by atoms with Gasteiger partial charge >= 0.3 is 0 Å². The van der Waals surface area contributed by atoms with E-state index in [9.17, 15) is 0 Å². The van der Waals surface area contributed by atoms with Gasteiger partial charge in [0.15, 0.2) is 11.5 Å². The van der Waals surface area contributed by atoms with E-state index in [-0.39, 0.29) is 6.04 Å². The second-order valence-corrected chi connectivity index (χ2v) is 6.10. The maximum absolute atomic E-state index is 6.36. The minimum Gasteiger partial charge on any atom is -0.490 e. The molecular weight excluding hydrogens is 290 g/mol. The summed E-state index contributed by atoms with van der Waals surface area (Å²) in [6.45, 7) is 2.21. The predicted octanol–water partition coefficient (Wildman–Crippen LogP) is 3.46. The van der Waals surface area contributed by atoms with E-state index < -0.39 is 0 Å². The van der Waals surface area contributed by atoms with Crippen molar-refractivity contribution >= 4 is 11.6 Å². The molecule has 2 atom stereocenters. The summed E-state index contributed by atoms with van der Waals surface area (Å²) in [5.41, 5.74) is 7.24. The van der Waals surface area contributed by atoms with Gasteiger partial charge in [-0.15, -0.1) is 0 Å².